The number of rotatable bonds is 4. The van der Waals surface area contributed by atoms with E-state index in [4.69, 9.17) is 12.3 Å². The molecule has 80 valence electrons. The summed E-state index contributed by atoms with van der Waals surface area (Å²) in [4.78, 5) is 24.5. The second-order valence-electron chi connectivity index (χ2n) is 3.04. The summed E-state index contributed by atoms with van der Waals surface area (Å²) in [6, 6.07) is -2.66. The van der Waals surface area contributed by atoms with Crippen molar-refractivity contribution in [2.45, 2.75) is 45.9 Å². The molecule has 1 aliphatic heterocycles. The third kappa shape index (κ3) is 2.14. The highest BCUT2D eigenvalue weighted by Crippen LogP contribution is 2.23. The molecule has 0 aromatic rings. The molecule has 3 nitrogen and oxygen atoms in total. The van der Waals surface area contributed by atoms with E-state index in [-0.39, 0.29) is 0 Å². The fourth-order valence-corrected chi connectivity index (χ4v) is 1.40. The molecule has 0 aromatic heterocycles. The van der Waals surface area contributed by atoms with Crippen molar-refractivity contribution in [1.82, 2.24) is 4.90 Å². The highest BCUT2D eigenvalue weighted by Gasteiger charge is 2.34. The molecule has 0 radical (unpaired) electrons. The minimum atomic E-state index is -3.18. The maximum absolute atomic E-state index is 12.2. The van der Waals surface area contributed by atoms with Gasteiger partial charge in [0, 0.05) is 23.9 Å². The number of likely N-dealkylation sites (tertiary alicyclic amines) is 1. The lowest BCUT2D eigenvalue weighted by atomic mass is 10.1. The molecule has 0 bridgehead atoms. The van der Waals surface area contributed by atoms with E-state index in [1.807, 2.05) is 0 Å². The van der Waals surface area contributed by atoms with Gasteiger partial charge in [-0.25, -0.2) is 0 Å². The van der Waals surface area contributed by atoms with Gasteiger partial charge in [-0.15, -0.1) is 0 Å². The second kappa shape index (κ2) is 4.58. The lowest BCUT2D eigenvalue weighted by Gasteiger charge is -2.24. The van der Waals surface area contributed by atoms with Crippen LogP contribution >= 0.6 is 0 Å². The molecule has 1 saturated heterocycles. The number of carbonyl (C=O) groups is 2. The van der Waals surface area contributed by atoms with Gasteiger partial charge < -0.3 is 4.90 Å². The molecular weight excluding hydrogens is 178 g/mol. The van der Waals surface area contributed by atoms with Crippen LogP contribution in [0.4, 0.5) is 0 Å². The molecule has 1 rings (SSSR count). The summed E-state index contributed by atoms with van der Waals surface area (Å²) < 4.78 is 68.7. The first-order valence-electron chi connectivity index (χ1n) is 8.73. The van der Waals surface area contributed by atoms with Crippen LogP contribution in [0, 0.1) is 5.89 Å². The normalized spacial score (nSPS) is 44.0. The Balaban J connectivity index is 3.37. The van der Waals surface area contributed by atoms with Crippen molar-refractivity contribution in [1.29, 1.82) is 0 Å². The number of nitrogens with zero attached hydrogens (tertiary/aromatic N) is 1. The van der Waals surface area contributed by atoms with Gasteiger partial charge in [0.15, 0.2) is 5.78 Å². The van der Waals surface area contributed by atoms with Crippen molar-refractivity contribution >= 4 is 11.7 Å². The largest absolute Gasteiger partial charge is 0.332 e. The Morgan fingerprint density at radius 1 is 2.00 bits per heavy atom. The van der Waals surface area contributed by atoms with Crippen molar-refractivity contribution in [2.24, 2.45) is 5.89 Å². The molecule has 1 aliphatic rings. The monoisotopic (exact) mass is 206 g/mol. The van der Waals surface area contributed by atoms with Gasteiger partial charge in [0.25, 0.3) is 0 Å². The Bertz CT molecular complexity index is 527. The van der Waals surface area contributed by atoms with Gasteiger partial charge >= 0.3 is 0 Å². The fourth-order valence-electron chi connectivity index (χ4n) is 1.40. The minimum Gasteiger partial charge on any atom is -0.332 e. The van der Waals surface area contributed by atoms with Gasteiger partial charge in [0.1, 0.15) is 0 Å². The molecule has 1 fully saturated rings. The maximum atomic E-state index is 12.2. The van der Waals surface area contributed by atoms with Crippen LogP contribution in [0.25, 0.3) is 0 Å². The summed E-state index contributed by atoms with van der Waals surface area (Å²) >= 11 is 0. The first kappa shape index (κ1) is 3.95. The van der Waals surface area contributed by atoms with Crippen LogP contribution in [-0.4, -0.2) is 29.2 Å². The van der Waals surface area contributed by atoms with E-state index >= 15 is 0 Å². The molecule has 1 heterocycles. The average molecular weight is 206 g/mol. The lowest BCUT2D eigenvalue weighted by Crippen LogP contribution is -2.40. The summed E-state index contributed by atoms with van der Waals surface area (Å²) in [5.74, 6) is -4.40. The number of carbonyl (C=O) groups excluding carboxylic acids is 2. The number of ketones is 1. The molecule has 2 atom stereocenters. The number of amides is 1. The predicted molar refractivity (Wildman–Crippen MR) is 54.9 cm³/mol. The predicted octanol–water partition coefficient (Wildman–Crippen LogP) is 1.61. The second-order valence-corrected chi connectivity index (χ2v) is 3.04. The Kier molecular flexibility index (Phi) is 1.29. The summed E-state index contributed by atoms with van der Waals surface area (Å²) in [5, 5.41) is 0. The van der Waals surface area contributed by atoms with Gasteiger partial charge in [-0.05, 0) is 19.2 Å². The maximum Gasteiger partial charge on any atom is 0.223 e. The topological polar surface area (TPSA) is 37.4 Å². The number of hydrogen-bond acceptors (Lipinski definition) is 2. The van der Waals surface area contributed by atoms with E-state index in [9.17, 15) is 9.59 Å². The van der Waals surface area contributed by atoms with Crippen molar-refractivity contribution < 1.29 is 21.9 Å². The summed E-state index contributed by atoms with van der Waals surface area (Å²) in [5.41, 5.74) is 0. The molecule has 0 unspecified atom stereocenters. The van der Waals surface area contributed by atoms with Crippen LogP contribution in [0.15, 0.2) is 0 Å². The zero-order chi connectivity index (χ0) is 18.6. The number of hydrogen-bond donors (Lipinski definition) is 0. The van der Waals surface area contributed by atoms with Gasteiger partial charge in [-0.3, -0.25) is 9.59 Å². The van der Waals surface area contributed by atoms with Gasteiger partial charge in [0.05, 0.1) is 7.39 Å². The third-order valence-corrected chi connectivity index (χ3v) is 2.03. The first-order chi connectivity index (χ1) is 9.92. The smallest absolute Gasteiger partial charge is 0.223 e. The van der Waals surface area contributed by atoms with Gasteiger partial charge in [-0.2, -0.15) is 0 Å². The molecule has 14 heavy (non-hydrogen) atoms. The highest BCUT2D eigenvalue weighted by molar-refractivity contribution is 5.88. The summed E-state index contributed by atoms with van der Waals surface area (Å²) in [6.45, 7) is -2.19. The fraction of sp³-hybridized carbons (Fsp3) is 0.818. The zero-order valence-corrected chi connectivity index (χ0v) is 8.18. The Labute approximate surface area is 98.1 Å². The van der Waals surface area contributed by atoms with Crippen LogP contribution in [0.3, 0.4) is 0 Å². The number of Topliss-reactive ketones (excluding diaryl/α,β-unsaturated/α-hetero) is 1. The van der Waals surface area contributed by atoms with Crippen LogP contribution < -0.4 is 0 Å². The van der Waals surface area contributed by atoms with E-state index in [0.29, 0.717) is 4.90 Å². The zero-order valence-electron chi connectivity index (χ0n) is 17.2. The lowest BCUT2D eigenvalue weighted by molar-refractivity contribution is -0.135. The Morgan fingerprint density at radius 3 is 3.21 bits per heavy atom. The standard InChI is InChI=1S/C11H19NO2/c1-4-9-6-11(14)12(7-9)10(5-2)8(3)13/h9-10H,4-7H2,1-3H3/t9-,10+/m1/s1/i1D3,4D2,5D2,9D,10D. The van der Waals surface area contributed by atoms with Crippen molar-refractivity contribution in [3.05, 3.63) is 0 Å². The van der Waals surface area contributed by atoms with Crippen LogP contribution in [0.5, 0.6) is 0 Å². The van der Waals surface area contributed by atoms with E-state index in [1.165, 1.54) is 0 Å². The molecule has 0 aromatic carbocycles. The van der Waals surface area contributed by atoms with E-state index < -0.39 is 56.2 Å². The molecule has 0 spiro atoms. The molecule has 0 saturated carbocycles. The molecular formula is C11H19NO2. The Morgan fingerprint density at radius 2 is 2.71 bits per heavy atom. The molecule has 1 amide bonds. The Hall–Kier alpha value is -0.860. The van der Waals surface area contributed by atoms with Crippen LogP contribution in [-0.2, 0) is 9.59 Å². The minimum absolute atomic E-state index is 0.478. The van der Waals surface area contributed by atoms with Crippen molar-refractivity contribution in [3.8, 4) is 0 Å². The first-order valence-corrected chi connectivity index (χ1v) is 4.23. The summed E-state index contributed by atoms with van der Waals surface area (Å²) in [6.07, 6.45) is -6.39. The van der Waals surface area contributed by atoms with E-state index in [0.717, 1.165) is 13.8 Å². The quantitative estimate of drug-likeness (QED) is 0.701. The van der Waals surface area contributed by atoms with Crippen LogP contribution in [0.1, 0.15) is 52.2 Å². The highest BCUT2D eigenvalue weighted by atomic mass is 16.2. The van der Waals surface area contributed by atoms with Crippen molar-refractivity contribution in [2.75, 3.05) is 6.54 Å². The third-order valence-electron chi connectivity index (χ3n) is 2.03. The molecule has 0 N–H and O–H groups in total. The van der Waals surface area contributed by atoms with Gasteiger partial charge in [-0.1, -0.05) is 20.1 Å². The van der Waals surface area contributed by atoms with Gasteiger partial charge in [0.2, 0.25) is 5.91 Å². The SMILES string of the molecule is [2H]C([2H])([2H])C([2H])([2H])[C@]1([2H])CC(=O)N([C@]([2H])(C(C)=O)C([2H])([2H])C)C1. The van der Waals surface area contributed by atoms with Crippen LogP contribution in [0.2, 0.25) is 0 Å². The van der Waals surface area contributed by atoms with Crippen molar-refractivity contribution in [3.63, 3.8) is 0 Å². The van der Waals surface area contributed by atoms with E-state index in [1.54, 1.807) is 0 Å². The average Bonchev–Trinajstić information content (AvgIpc) is 2.62. The molecule has 3 heteroatoms. The molecule has 0 aliphatic carbocycles. The summed E-state index contributed by atoms with van der Waals surface area (Å²) in [7, 11) is 0. The van der Waals surface area contributed by atoms with E-state index in [2.05, 4.69) is 0 Å².